The van der Waals surface area contributed by atoms with Gasteiger partial charge in [-0.3, -0.25) is 57.9 Å². The lowest BCUT2D eigenvalue weighted by Gasteiger charge is -2.29. The van der Waals surface area contributed by atoms with Gasteiger partial charge in [-0.05, 0) is 91.1 Å². The monoisotopic (exact) mass is 1140 g/mol. The summed E-state index contributed by atoms with van der Waals surface area (Å²) < 4.78 is 40.6. The molecule has 0 bridgehead atoms. The normalized spacial score (nSPS) is 18.3. The van der Waals surface area contributed by atoms with E-state index in [1.165, 1.54) is 15.9 Å². The van der Waals surface area contributed by atoms with Crippen LogP contribution in [0, 0.1) is 11.8 Å². The number of carbonyl (C=O) groups is 9. The largest absolute Gasteiger partial charge is 0.399 e. The lowest BCUT2D eigenvalue weighted by atomic mass is 10.0. The van der Waals surface area contributed by atoms with Crippen LogP contribution in [0.1, 0.15) is 131 Å². The first-order valence-electron chi connectivity index (χ1n) is 27.0. The molecule has 1 aromatic heterocycles. The van der Waals surface area contributed by atoms with Gasteiger partial charge in [0, 0.05) is 66.4 Å². The van der Waals surface area contributed by atoms with Crippen molar-refractivity contribution in [3.05, 3.63) is 136 Å². The van der Waals surface area contributed by atoms with E-state index < -0.39 is 90.4 Å². The molecule has 1 fully saturated rings. The molecule has 9 rings (SSSR count). The minimum atomic E-state index is -5.88. The van der Waals surface area contributed by atoms with Gasteiger partial charge in [0.05, 0.1) is 5.69 Å². The molecular weight excluding hydrogens is 1080 g/mol. The van der Waals surface area contributed by atoms with Gasteiger partial charge in [-0.25, -0.2) is 0 Å². The molecule has 428 valence electrons. The number of aryl methyl sites for hydroxylation is 1. The number of primary amides is 1. The molecule has 5 atom stereocenters. The zero-order chi connectivity index (χ0) is 58.5. The molecule has 9 amide bonds. The highest BCUT2D eigenvalue weighted by Crippen LogP contribution is 2.59. The maximum Gasteiger partial charge on any atom is 0.399 e. The van der Waals surface area contributed by atoms with Crippen LogP contribution in [0.5, 0.6) is 0 Å². The topological polar surface area (TPSA) is 320 Å². The number of nitrogens with zero attached hydrogens (tertiary/aromatic N) is 2. The average molecular weight is 1140 g/mol. The van der Waals surface area contributed by atoms with Crippen LogP contribution in [0.4, 0.5) is 14.5 Å². The molecule has 5 heterocycles. The van der Waals surface area contributed by atoms with Gasteiger partial charge in [0.25, 0.3) is 11.8 Å². The zero-order valence-corrected chi connectivity index (χ0v) is 45.2. The van der Waals surface area contributed by atoms with Crippen LogP contribution in [0.2, 0.25) is 0 Å². The number of hydrogen-bond donors (Lipinski definition) is 9. The van der Waals surface area contributed by atoms with E-state index >= 15 is 0 Å². The Morgan fingerprint density at radius 2 is 1.59 bits per heavy atom. The van der Waals surface area contributed by atoms with Gasteiger partial charge in [0.15, 0.2) is 0 Å². The maximum atomic E-state index is 14.6. The summed E-state index contributed by atoms with van der Waals surface area (Å²) in [6, 6.07) is 17.3. The van der Waals surface area contributed by atoms with E-state index in [2.05, 4.69) is 43.4 Å². The lowest BCUT2D eigenvalue weighted by Crippen LogP contribution is -2.57. The zero-order valence-electron chi connectivity index (χ0n) is 44.3. The number of benzene rings is 4. The number of nitrogens with two attached hydrogens (primary N) is 1. The first-order chi connectivity index (χ1) is 39.2. The Kier molecular flexibility index (Phi) is 17.5. The molecule has 1 saturated heterocycles. The average Bonchev–Trinajstić information content (AvgIpc) is 4.37. The van der Waals surface area contributed by atoms with Crippen molar-refractivity contribution in [3.8, 4) is 11.8 Å². The quantitative estimate of drug-likeness (QED) is 0.0215. The Balaban J connectivity index is 0.792. The van der Waals surface area contributed by atoms with Gasteiger partial charge in [-0.15, -0.1) is 0 Å². The number of anilines is 1. The van der Waals surface area contributed by atoms with Gasteiger partial charge >= 0.3 is 13.3 Å². The van der Waals surface area contributed by atoms with E-state index in [9.17, 15) is 66.3 Å². The van der Waals surface area contributed by atoms with E-state index in [4.69, 9.17) is 5.73 Å². The number of rotatable bonds is 21. The van der Waals surface area contributed by atoms with E-state index in [1.54, 1.807) is 60.7 Å². The molecule has 1 unspecified atom stereocenters. The number of fused-ring (bicyclic) bond motifs is 2. The fourth-order valence-corrected chi connectivity index (χ4v) is 11.4. The van der Waals surface area contributed by atoms with Crippen LogP contribution in [0.25, 0.3) is 10.9 Å². The van der Waals surface area contributed by atoms with Gasteiger partial charge in [-0.2, -0.15) is 8.78 Å². The lowest BCUT2D eigenvalue weighted by molar-refractivity contribution is -0.137. The van der Waals surface area contributed by atoms with Gasteiger partial charge in [-0.1, -0.05) is 91.8 Å². The van der Waals surface area contributed by atoms with Crippen LogP contribution < -0.4 is 37.2 Å². The summed E-state index contributed by atoms with van der Waals surface area (Å²) in [5.74, 6) is 0.981. The number of carbonyl (C=O) groups excluding carboxylic acids is 9. The van der Waals surface area contributed by atoms with Crippen LogP contribution >= 0.6 is 7.60 Å². The SMILES string of the molecule is NC(=O)CC[C@H](NC(=O)[C@@H]1Cc2cccc3c2N1C(=O)[C@@H](NC(=O)c1cc2cc(C(F)(F)P(=O)(O)O)ccc2[nH]1)CC3)C(=O)N[C@@H](C(=O)NCCCCCCCC#Cc1cccc2c1CN(C1CCC(=O)NC1=O)C2=O)c1ccccc1. The fourth-order valence-electron chi connectivity index (χ4n) is 10.9. The van der Waals surface area contributed by atoms with E-state index in [0.717, 1.165) is 55.0 Å². The molecule has 4 aromatic carbocycles. The summed E-state index contributed by atoms with van der Waals surface area (Å²) in [5, 5.41) is 13.4. The number of piperidine rings is 1. The van der Waals surface area contributed by atoms with E-state index in [-0.39, 0.29) is 80.0 Å². The third-order valence-corrected chi connectivity index (χ3v) is 16.2. The molecule has 82 heavy (non-hydrogen) atoms. The molecular formula is C58H60F2N9O12P. The van der Waals surface area contributed by atoms with E-state index in [0.29, 0.717) is 47.2 Å². The second-order valence-corrected chi connectivity index (χ2v) is 22.4. The first kappa shape index (κ1) is 58.1. The predicted molar refractivity (Wildman–Crippen MR) is 293 cm³/mol. The van der Waals surface area contributed by atoms with Crippen molar-refractivity contribution in [2.24, 2.45) is 5.73 Å². The molecule has 24 heteroatoms. The summed E-state index contributed by atoms with van der Waals surface area (Å²) in [4.78, 5) is 144. The minimum Gasteiger partial charge on any atom is -0.370 e. The van der Waals surface area contributed by atoms with Gasteiger partial charge < -0.3 is 46.7 Å². The van der Waals surface area contributed by atoms with Crippen molar-refractivity contribution in [3.63, 3.8) is 0 Å². The Morgan fingerprint density at radius 3 is 2.34 bits per heavy atom. The molecule has 10 N–H and O–H groups in total. The van der Waals surface area contributed by atoms with Crippen molar-refractivity contribution in [1.29, 1.82) is 0 Å². The highest BCUT2D eigenvalue weighted by Gasteiger charge is 2.51. The third kappa shape index (κ3) is 12.6. The number of unbranched alkanes of at least 4 members (excludes halogenated alkanes) is 5. The van der Waals surface area contributed by atoms with Gasteiger partial charge in [0.2, 0.25) is 41.4 Å². The second-order valence-electron chi connectivity index (χ2n) is 20.7. The number of alkyl halides is 2. The number of imide groups is 1. The molecule has 5 aromatic rings. The standard InChI is InChI=1S/C58H60F2N9O12P/c59-58(60,82(79,80)81)38-21-23-41-37(29-38)30-44(63-41)52(73)65-43-22-20-35-17-11-18-36-31-46(69(50(35)36)57(43)78)54(75)64-42(24-26-47(61)70)51(72)67-49(34-14-8-6-9-15-34)55(76)62-28-10-5-3-1-2-4-7-13-33-16-12-19-39-40(33)32-68(56(39)77)45-25-27-48(71)66-53(45)74/h6,8-9,11-12,14-19,21,23,29-30,42-43,45-46,49,63H,1-5,10,20,22,24-28,31-32H2,(H2,61,70)(H,62,76)(H,64,75)(H,65,73)(H,67,72)(H,66,71,74)(H2,79,80,81)/t42-,43-,45?,46-,49+/m0/s1. The number of H-pyrrole nitrogens is 1. The van der Waals surface area contributed by atoms with Crippen molar-refractivity contribution in [1.82, 2.24) is 36.5 Å². The van der Waals surface area contributed by atoms with Crippen LogP contribution in [-0.2, 0) is 63.2 Å². The van der Waals surface area contributed by atoms with Gasteiger partial charge in [0.1, 0.15) is 35.9 Å². The fraction of sp³-hybridized carbons (Fsp3) is 0.362. The molecule has 0 aliphatic carbocycles. The molecule has 0 spiro atoms. The van der Waals surface area contributed by atoms with Crippen molar-refractivity contribution < 1.29 is 66.3 Å². The molecule has 0 saturated carbocycles. The summed E-state index contributed by atoms with van der Waals surface area (Å²) in [6.45, 7) is 0.523. The second kappa shape index (κ2) is 24.6. The van der Waals surface area contributed by atoms with Crippen LogP contribution in [0.15, 0.2) is 91.0 Å². The first-order valence-corrected chi connectivity index (χ1v) is 28.6. The van der Waals surface area contributed by atoms with Crippen LogP contribution in [0.3, 0.4) is 0 Å². The smallest absolute Gasteiger partial charge is 0.370 e. The van der Waals surface area contributed by atoms with E-state index in [1.807, 2.05) is 6.07 Å². The number of aromatic nitrogens is 1. The Hall–Kier alpha value is -8.58. The number of aromatic amines is 1. The Morgan fingerprint density at radius 1 is 0.841 bits per heavy atom. The van der Waals surface area contributed by atoms with Crippen molar-refractivity contribution in [2.45, 2.75) is 126 Å². The molecule has 4 aliphatic rings. The summed E-state index contributed by atoms with van der Waals surface area (Å²) in [7, 11) is -5.88. The summed E-state index contributed by atoms with van der Waals surface area (Å²) in [5.41, 5.74) is 4.34. The Labute approximate surface area is 469 Å². The molecule has 0 radical (unpaired) electrons. The number of amides is 9. The van der Waals surface area contributed by atoms with Crippen molar-refractivity contribution >= 4 is 77.4 Å². The Bertz CT molecular complexity index is 3500. The number of hydrogen-bond acceptors (Lipinski definition) is 10. The number of halogens is 2. The summed E-state index contributed by atoms with van der Waals surface area (Å²) >= 11 is 0. The maximum absolute atomic E-state index is 14.6. The highest BCUT2D eigenvalue weighted by molar-refractivity contribution is 7.52. The van der Waals surface area contributed by atoms with Crippen LogP contribution in [-0.4, -0.2) is 104 Å². The predicted octanol–water partition coefficient (Wildman–Crippen LogP) is 4.27. The molecule has 21 nitrogen and oxygen atoms in total. The van der Waals surface area contributed by atoms with Crippen molar-refractivity contribution in [2.75, 3.05) is 11.4 Å². The number of para-hydroxylation sites is 1. The molecule has 4 aliphatic heterocycles. The summed E-state index contributed by atoms with van der Waals surface area (Å²) in [6.07, 6.45) is 4.81. The highest BCUT2D eigenvalue weighted by atomic mass is 31.2. The third-order valence-electron chi connectivity index (χ3n) is 15.2. The number of nitrogens with one attached hydrogen (secondary N) is 6. The minimum absolute atomic E-state index is 0.0220.